The summed E-state index contributed by atoms with van der Waals surface area (Å²) in [5, 5.41) is 0. The van der Waals surface area contributed by atoms with Gasteiger partial charge in [0.1, 0.15) is 11.6 Å². The van der Waals surface area contributed by atoms with E-state index in [4.69, 9.17) is 14.5 Å². The highest BCUT2D eigenvalue weighted by atomic mass is 19.1. The molecule has 0 unspecified atom stereocenters. The number of ether oxygens (including phenoxy) is 2. The fourth-order valence-electron chi connectivity index (χ4n) is 4.47. The van der Waals surface area contributed by atoms with Crippen molar-refractivity contribution in [2.24, 2.45) is 0 Å². The molecule has 1 aliphatic rings. The molecule has 4 aromatic rings. The van der Waals surface area contributed by atoms with E-state index < -0.39 is 0 Å². The van der Waals surface area contributed by atoms with Crippen LogP contribution in [0.1, 0.15) is 36.6 Å². The first-order chi connectivity index (χ1) is 17.2. The maximum absolute atomic E-state index is 13.5. The number of nitrogens with zero attached hydrogens (tertiary/aromatic N) is 3. The van der Waals surface area contributed by atoms with Crippen LogP contribution >= 0.6 is 0 Å². The first-order valence-electron chi connectivity index (χ1n) is 12.1. The largest absolute Gasteiger partial charge is 0.454 e. The maximum Gasteiger partial charge on any atom is 0.231 e. The Balaban J connectivity index is 1.44. The molecule has 5 rings (SSSR count). The van der Waals surface area contributed by atoms with Gasteiger partial charge in [0.25, 0.3) is 0 Å². The molecule has 3 aromatic carbocycles. The summed E-state index contributed by atoms with van der Waals surface area (Å²) in [4.78, 5) is 7.18. The van der Waals surface area contributed by atoms with E-state index in [1.165, 1.54) is 23.3 Å². The van der Waals surface area contributed by atoms with Crippen molar-refractivity contribution < 1.29 is 13.9 Å². The van der Waals surface area contributed by atoms with E-state index in [-0.39, 0.29) is 12.6 Å². The van der Waals surface area contributed by atoms with Crippen LogP contribution in [0.15, 0.2) is 79.0 Å². The molecular weight excluding hydrogens is 441 g/mol. The highest BCUT2D eigenvalue weighted by Crippen LogP contribution is 2.33. The topological polar surface area (TPSA) is 39.5 Å². The second kappa shape index (κ2) is 10.7. The van der Waals surface area contributed by atoms with Crippen LogP contribution < -0.4 is 9.47 Å². The molecule has 1 aliphatic heterocycles. The van der Waals surface area contributed by atoms with E-state index in [1.54, 1.807) is 12.1 Å². The first-order valence-corrected chi connectivity index (χ1v) is 12.1. The van der Waals surface area contributed by atoms with Gasteiger partial charge in [-0.05, 0) is 53.9 Å². The zero-order valence-electron chi connectivity index (χ0n) is 20.0. The summed E-state index contributed by atoms with van der Waals surface area (Å²) in [6.45, 7) is 5.64. The van der Waals surface area contributed by atoms with Crippen molar-refractivity contribution in [3.63, 3.8) is 0 Å². The lowest BCUT2D eigenvalue weighted by Crippen LogP contribution is -2.24. The van der Waals surface area contributed by atoms with Crippen LogP contribution in [0.5, 0.6) is 11.5 Å². The normalized spacial score (nSPS) is 12.4. The number of hydrogen-bond acceptors (Lipinski definition) is 4. The smallest absolute Gasteiger partial charge is 0.231 e. The van der Waals surface area contributed by atoms with Crippen molar-refractivity contribution in [1.29, 1.82) is 0 Å². The Morgan fingerprint density at radius 1 is 0.886 bits per heavy atom. The van der Waals surface area contributed by atoms with Crippen molar-refractivity contribution >= 4 is 0 Å². The maximum atomic E-state index is 13.5. The molecule has 0 saturated carbocycles. The van der Waals surface area contributed by atoms with Gasteiger partial charge < -0.3 is 14.0 Å². The molecule has 1 aromatic heterocycles. The summed E-state index contributed by atoms with van der Waals surface area (Å²) >= 11 is 0. The first kappa shape index (κ1) is 23.1. The summed E-state index contributed by atoms with van der Waals surface area (Å²) in [6.07, 6.45) is 4.11. The van der Waals surface area contributed by atoms with Crippen LogP contribution in [0.2, 0.25) is 0 Å². The second-order valence-electron chi connectivity index (χ2n) is 8.90. The van der Waals surface area contributed by atoms with E-state index in [9.17, 15) is 4.39 Å². The summed E-state index contributed by atoms with van der Waals surface area (Å²) in [5.74, 6) is 2.24. The number of halogens is 1. The second-order valence-corrected chi connectivity index (χ2v) is 8.90. The molecule has 5 nitrogen and oxygen atoms in total. The van der Waals surface area contributed by atoms with E-state index in [0.29, 0.717) is 0 Å². The standard InChI is InChI=1S/C29H30FN3O2/c1-2-3-15-33-26(17-31-29(33)24-10-12-25(30)13-11-24)20-32(18-22-7-5-4-6-8-22)19-23-9-14-27-28(16-23)35-21-34-27/h4-14,16-17H,2-3,15,18-21H2,1H3. The van der Waals surface area contributed by atoms with Crippen LogP contribution in [0, 0.1) is 5.82 Å². The highest BCUT2D eigenvalue weighted by Gasteiger charge is 2.18. The predicted molar refractivity (Wildman–Crippen MR) is 134 cm³/mol. The van der Waals surface area contributed by atoms with Crippen molar-refractivity contribution in [2.45, 2.75) is 45.9 Å². The number of benzene rings is 3. The van der Waals surface area contributed by atoms with Gasteiger partial charge in [0, 0.05) is 31.7 Å². The zero-order chi connectivity index (χ0) is 24.0. The average molecular weight is 472 g/mol. The number of fused-ring (bicyclic) bond motifs is 1. The molecule has 0 bridgehead atoms. The molecule has 0 atom stereocenters. The summed E-state index contributed by atoms with van der Waals surface area (Å²) in [6, 6.07) is 23.3. The number of imidazole rings is 1. The van der Waals surface area contributed by atoms with Crippen LogP contribution in [-0.2, 0) is 26.2 Å². The summed E-state index contributed by atoms with van der Waals surface area (Å²) in [5.41, 5.74) is 4.50. The Morgan fingerprint density at radius 2 is 1.66 bits per heavy atom. The SMILES string of the molecule is CCCCn1c(CN(Cc2ccccc2)Cc2ccc3c(c2)OCO3)cnc1-c1ccc(F)cc1. The zero-order valence-corrected chi connectivity index (χ0v) is 20.0. The third-order valence-corrected chi connectivity index (χ3v) is 6.25. The molecule has 0 N–H and O–H groups in total. The predicted octanol–water partition coefficient (Wildman–Crippen LogP) is 6.42. The Morgan fingerprint density at radius 3 is 2.46 bits per heavy atom. The van der Waals surface area contributed by atoms with Gasteiger partial charge in [0.05, 0.1) is 11.9 Å². The molecule has 180 valence electrons. The third-order valence-electron chi connectivity index (χ3n) is 6.25. The molecule has 6 heteroatoms. The van der Waals surface area contributed by atoms with Crippen LogP contribution in [0.3, 0.4) is 0 Å². The molecule has 0 spiro atoms. The van der Waals surface area contributed by atoms with Gasteiger partial charge in [0.2, 0.25) is 6.79 Å². The lowest BCUT2D eigenvalue weighted by atomic mass is 10.1. The van der Waals surface area contributed by atoms with Crippen molar-refractivity contribution in [2.75, 3.05) is 6.79 Å². The molecule has 0 fully saturated rings. The average Bonchev–Trinajstić information content (AvgIpc) is 3.50. The molecule has 35 heavy (non-hydrogen) atoms. The van der Waals surface area contributed by atoms with Gasteiger partial charge in [-0.3, -0.25) is 4.90 Å². The van der Waals surface area contributed by atoms with E-state index in [1.807, 2.05) is 18.3 Å². The van der Waals surface area contributed by atoms with E-state index >= 15 is 0 Å². The highest BCUT2D eigenvalue weighted by molar-refractivity contribution is 5.56. The van der Waals surface area contributed by atoms with E-state index in [2.05, 4.69) is 52.8 Å². The van der Waals surface area contributed by atoms with Crippen LogP contribution in [0.4, 0.5) is 4.39 Å². The quantitative estimate of drug-likeness (QED) is 0.268. The fraction of sp³-hybridized carbons (Fsp3) is 0.276. The molecule has 0 aliphatic carbocycles. The van der Waals surface area contributed by atoms with Gasteiger partial charge in [-0.25, -0.2) is 9.37 Å². The lowest BCUT2D eigenvalue weighted by molar-refractivity contribution is 0.174. The van der Waals surface area contributed by atoms with E-state index in [0.717, 1.165) is 67.6 Å². The van der Waals surface area contributed by atoms with Crippen molar-refractivity contribution in [1.82, 2.24) is 14.5 Å². The van der Waals surface area contributed by atoms with Gasteiger partial charge in [-0.15, -0.1) is 0 Å². The Bertz CT molecular complexity index is 1250. The minimum Gasteiger partial charge on any atom is -0.454 e. The third kappa shape index (κ3) is 5.54. The molecule has 2 heterocycles. The minimum absolute atomic E-state index is 0.238. The summed E-state index contributed by atoms with van der Waals surface area (Å²) < 4.78 is 26.9. The van der Waals surface area contributed by atoms with Gasteiger partial charge in [-0.1, -0.05) is 49.7 Å². The van der Waals surface area contributed by atoms with Gasteiger partial charge in [-0.2, -0.15) is 0 Å². The Kier molecular flexibility index (Phi) is 7.09. The number of rotatable bonds is 10. The minimum atomic E-state index is -0.238. The molecule has 0 radical (unpaired) electrons. The Labute approximate surface area is 205 Å². The van der Waals surface area contributed by atoms with Crippen LogP contribution in [0.25, 0.3) is 11.4 Å². The fourth-order valence-corrected chi connectivity index (χ4v) is 4.47. The van der Waals surface area contributed by atoms with Crippen molar-refractivity contribution in [3.05, 3.63) is 102 Å². The van der Waals surface area contributed by atoms with Crippen molar-refractivity contribution in [3.8, 4) is 22.9 Å². The Hall–Kier alpha value is -3.64. The lowest BCUT2D eigenvalue weighted by Gasteiger charge is -2.24. The molecule has 0 saturated heterocycles. The number of hydrogen-bond donors (Lipinski definition) is 0. The van der Waals surface area contributed by atoms with Gasteiger partial charge in [0.15, 0.2) is 11.5 Å². The monoisotopic (exact) mass is 471 g/mol. The summed E-state index contributed by atoms with van der Waals surface area (Å²) in [7, 11) is 0. The molecule has 0 amide bonds. The van der Waals surface area contributed by atoms with Crippen LogP contribution in [-0.4, -0.2) is 21.2 Å². The van der Waals surface area contributed by atoms with Gasteiger partial charge >= 0.3 is 0 Å². The number of unbranched alkanes of at least 4 members (excludes halogenated alkanes) is 1. The molecular formula is C29H30FN3O2. The number of aromatic nitrogens is 2.